The zero-order chi connectivity index (χ0) is 13.1. The molecule has 0 spiro atoms. The maximum atomic E-state index is 9.13. The highest BCUT2D eigenvalue weighted by atomic mass is 14.9. The second-order valence-electron chi connectivity index (χ2n) is 4.07. The van der Waals surface area contributed by atoms with Crippen LogP contribution in [0.2, 0.25) is 0 Å². The molecule has 1 aromatic heterocycles. The molecule has 0 bridgehead atoms. The summed E-state index contributed by atoms with van der Waals surface area (Å²) < 4.78 is 0. The third-order valence-corrected chi connectivity index (χ3v) is 2.88. The number of hydrogen-bond acceptors (Lipinski definition) is 4. The van der Waals surface area contributed by atoms with E-state index < -0.39 is 0 Å². The summed E-state index contributed by atoms with van der Waals surface area (Å²) >= 11 is 0. The molecule has 0 fully saturated rings. The van der Waals surface area contributed by atoms with Crippen LogP contribution >= 0.6 is 0 Å². The number of nitrogens with one attached hydrogen (secondary N) is 1. The lowest BCUT2D eigenvalue weighted by atomic mass is 10.0. The fourth-order valence-electron chi connectivity index (χ4n) is 2.02. The second kappa shape index (κ2) is 4.75. The minimum absolute atomic E-state index is 0.672. The number of nitriles is 1. The van der Waals surface area contributed by atoms with Gasteiger partial charge in [-0.25, -0.2) is 9.97 Å². The topological polar surface area (TPSA) is 61.6 Å². The van der Waals surface area contributed by atoms with Crippen LogP contribution in [0.5, 0.6) is 0 Å². The second-order valence-corrected chi connectivity index (χ2v) is 4.07. The molecular formula is C15H10N4. The minimum Gasteiger partial charge on any atom is -0.352 e. The highest BCUT2D eigenvalue weighted by Crippen LogP contribution is 2.28. The number of fused-ring (bicyclic) bond motifs is 1. The van der Waals surface area contributed by atoms with E-state index in [1.807, 2.05) is 36.4 Å². The van der Waals surface area contributed by atoms with E-state index in [1.165, 1.54) is 6.33 Å². The lowest BCUT2D eigenvalue weighted by molar-refractivity contribution is 1.17. The molecule has 0 saturated carbocycles. The van der Waals surface area contributed by atoms with Gasteiger partial charge < -0.3 is 5.32 Å². The van der Waals surface area contributed by atoms with Crippen molar-refractivity contribution in [3.05, 3.63) is 60.7 Å². The van der Waals surface area contributed by atoms with Gasteiger partial charge in [0.1, 0.15) is 6.33 Å². The van der Waals surface area contributed by atoms with Crippen molar-refractivity contribution in [1.29, 1.82) is 5.26 Å². The van der Waals surface area contributed by atoms with Crippen molar-refractivity contribution in [2.24, 2.45) is 0 Å². The average Bonchev–Trinajstić information content (AvgIpc) is 2.49. The minimum atomic E-state index is 0.672. The van der Waals surface area contributed by atoms with E-state index >= 15 is 0 Å². The summed E-state index contributed by atoms with van der Waals surface area (Å²) in [6.07, 6.45) is 4.90. The lowest BCUT2D eigenvalue weighted by Crippen LogP contribution is -1.94. The van der Waals surface area contributed by atoms with Gasteiger partial charge >= 0.3 is 0 Å². The Labute approximate surface area is 110 Å². The molecule has 1 heterocycles. The summed E-state index contributed by atoms with van der Waals surface area (Å²) in [7, 11) is 0. The van der Waals surface area contributed by atoms with Gasteiger partial charge in [0.05, 0.1) is 29.7 Å². The van der Waals surface area contributed by atoms with Crippen LogP contribution in [0, 0.1) is 11.3 Å². The molecule has 3 rings (SSSR count). The summed E-state index contributed by atoms with van der Waals surface area (Å²) in [5, 5.41) is 14.3. The largest absolute Gasteiger partial charge is 0.352 e. The molecule has 3 aromatic rings. The SMILES string of the molecule is N#Cc1ccc(Nc2cncnc2)c2ccccc12. The van der Waals surface area contributed by atoms with Crippen LogP contribution in [-0.2, 0) is 0 Å². The molecule has 90 valence electrons. The number of aromatic nitrogens is 2. The molecule has 4 nitrogen and oxygen atoms in total. The van der Waals surface area contributed by atoms with Crippen molar-refractivity contribution in [3.63, 3.8) is 0 Å². The predicted molar refractivity (Wildman–Crippen MR) is 74.0 cm³/mol. The monoisotopic (exact) mass is 246 g/mol. The molecule has 0 radical (unpaired) electrons. The smallest absolute Gasteiger partial charge is 0.115 e. The molecule has 0 aliphatic heterocycles. The fourth-order valence-corrected chi connectivity index (χ4v) is 2.02. The van der Waals surface area contributed by atoms with Crippen LogP contribution in [0.1, 0.15) is 5.56 Å². The average molecular weight is 246 g/mol. The van der Waals surface area contributed by atoms with Crippen LogP contribution < -0.4 is 5.32 Å². The van der Waals surface area contributed by atoms with Crippen LogP contribution in [0.15, 0.2) is 55.1 Å². The number of hydrogen-bond donors (Lipinski definition) is 1. The zero-order valence-electron chi connectivity index (χ0n) is 10.0. The maximum absolute atomic E-state index is 9.13. The molecule has 4 heteroatoms. The Kier molecular flexibility index (Phi) is 2.79. The maximum Gasteiger partial charge on any atom is 0.115 e. The highest BCUT2D eigenvalue weighted by molar-refractivity contribution is 5.98. The van der Waals surface area contributed by atoms with Gasteiger partial charge in [-0.15, -0.1) is 0 Å². The molecule has 2 aromatic carbocycles. The first-order valence-corrected chi connectivity index (χ1v) is 5.82. The number of benzene rings is 2. The Bertz CT molecular complexity index is 760. The van der Waals surface area contributed by atoms with Crippen LogP contribution in [0.3, 0.4) is 0 Å². The molecule has 0 saturated heterocycles. The van der Waals surface area contributed by atoms with Crippen molar-refractivity contribution >= 4 is 22.1 Å². The van der Waals surface area contributed by atoms with Crippen molar-refractivity contribution in [2.75, 3.05) is 5.32 Å². The summed E-state index contributed by atoms with van der Waals surface area (Å²) in [6.45, 7) is 0. The van der Waals surface area contributed by atoms with E-state index in [0.717, 1.165) is 22.1 Å². The Balaban J connectivity index is 2.13. The highest BCUT2D eigenvalue weighted by Gasteiger charge is 2.05. The van der Waals surface area contributed by atoms with Gasteiger partial charge in [0.25, 0.3) is 0 Å². The van der Waals surface area contributed by atoms with Gasteiger partial charge in [0, 0.05) is 16.5 Å². The zero-order valence-corrected chi connectivity index (χ0v) is 10.0. The third kappa shape index (κ3) is 2.09. The van der Waals surface area contributed by atoms with Gasteiger partial charge in [-0.3, -0.25) is 0 Å². The number of nitrogens with zero attached hydrogens (tertiary/aromatic N) is 3. The fraction of sp³-hybridized carbons (Fsp3) is 0. The van der Waals surface area contributed by atoms with E-state index in [2.05, 4.69) is 21.4 Å². The molecule has 19 heavy (non-hydrogen) atoms. The van der Waals surface area contributed by atoms with Gasteiger partial charge in [0.15, 0.2) is 0 Å². The molecule has 0 aliphatic rings. The van der Waals surface area contributed by atoms with Crippen LogP contribution in [0.25, 0.3) is 10.8 Å². The molecule has 0 amide bonds. The van der Waals surface area contributed by atoms with E-state index in [0.29, 0.717) is 5.56 Å². The Morgan fingerprint density at radius 1 is 0.947 bits per heavy atom. The van der Waals surface area contributed by atoms with Crippen LogP contribution in [-0.4, -0.2) is 9.97 Å². The van der Waals surface area contributed by atoms with Crippen LogP contribution in [0.4, 0.5) is 11.4 Å². The molecule has 0 atom stereocenters. The Hall–Kier alpha value is -2.93. The first-order chi connectivity index (χ1) is 9.38. The van der Waals surface area contributed by atoms with Gasteiger partial charge in [0.2, 0.25) is 0 Å². The van der Waals surface area contributed by atoms with Crippen molar-refractivity contribution in [1.82, 2.24) is 9.97 Å². The van der Waals surface area contributed by atoms with Crippen molar-refractivity contribution < 1.29 is 0 Å². The Morgan fingerprint density at radius 2 is 1.68 bits per heavy atom. The molecule has 0 unspecified atom stereocenters. The number of rotatable bonds is 2. The van der Waals surface area contributed by atoms with E-state index in [4.69, 9.17) is 5.26 Å². The summed E-state index contributed by atoms with van der Waals surface area (Å²) in [4.78, 5) is 7.94. The summed E-state index contributed by atoms with van der Waals surface area (Å²) in [5.74, 6) is 0. The van der Waals surface area contributed by atoms with Gasteiger partial charge in [-0.2, -0.15) is 5.26 Å². The Morgan fingerprint density at radius 3 is 2.42 bits per heavy atom. The normalized spacial score (nSPS) is 10.1. The van der Waals surface area contributed by atoms with Crippen molar-refractivity contribution in [2.45, 2.75) is 0 Å². The molecular weight excluding hydrogens is 236 g/mol. The van der Waals surface area contributed by atoms with E-state index in [-0.39, 0.29) is 0 Å². The third-order valence-electron chi connectivity index (χ3n) is 2.88. The van der Waals surface area contributed by atoms with Crippen molar-refractivity contribution in [3.8, 4) is 6.07 Å². The van der Waals surface area contributed by atoms with Gasteiger partial charge in [-0.1, -0.05) is 24.3 Å². The predicted octanol–water partition coefficient (Wildman–Crippen LogP) is 3.25. The number of anilines is 2. The first-order valence-electron chi connectivity index (χ1n) is 5.82. The lowest BCUT2D eigenvalue weighted by Gasteiger charge is -2.10. The van der Waals surface area contributed by atoms with E-state index in [9.17, 15) is 0 Å². The van der Waals surface area contributed by atoms with E-state index in [1.54, 1.807) is 12.4 Å². The molecule has 0 aliphatic carbocycles. The van der Waals surface area contributed by atoms with Gasteiger partial charge in [-0.05, 0) is 12.1 Å². The summed E-state index contributed by atoms with van der Waals surface area (Å²) in [5.41, 5.74) is 2.42. The summed E-state index contributed by atoms with van der Waals surface area (Å²) in [6, 6.07) is 13.7. The quantitative estimate of drug-likeness (QED) is 0.754. The molecule has 1 N–H and O–H groups in total. The first kappa shape index (κ1) is 11.2. The standard InChI is InChI=1S/C15H10N4/c16-7-11-5-6-15(14-4-2-1-3-13(11)14)19-12-8-17-10-18-9-12/h1-6,8-10,19H.